The molecule has 1 aliphatic heterocycles. The van der Waals surface area contributed by atoms with Gasteiger partial charge in [-0.1, -0.05) is 38.1 Å². The zero-order chi connectivity index (χ0) is 15.6. The molecule has 3 nitrogen and oxygen atoms in total. The summed E-state index contributed by atoms with van der Waals surface area (Å²) >= 11 is 0. The second kappa shape index (κ2) is 5.91. The van der Waals surface area contributed by atoms with Crippen LogP contribution in [0.15, 0.2) is 42.6 Å². The van der Waals surface area contributed by atoms with Crippen molar-refractivity contribution >= 4 is 11.6 Å². The minimum atomic E-state index is -0.0363. The molecule has 0 saturated carbocycles. The molecule has 1 aromatic carbocycles. The molecule has 3 rings (SSSR count). The molecule has 0 aliphatic carbocycles. The molecule has 1 N–H and O–H groups in total. The Morgan fingerprint density at radius 3 is 2.59 bits per heavy atom. The normalized spacial score (nSPS) is 16.5. The molecule has 1 aliphatic rings. The number of nitrogens with zero attached hydrogens (tertiary/aromatic N) is 1. The minimum absolute atomic E-state index is 0.0363. The summed E-state index contributed by atoms with van der Waals surface area (Å²) in [6, 6.07) is 12.1. The minimum Gasteiger partial charge on any atom is -0.326 e. The highest BCUT2D eigenvalue weighted by atomic mass is 16.1. The van der Waals surface area contributed by atoms with Gasteiger partial charge in [0.1, 0.15) is 0 Å². The summed E-state index contributed by atoms with van der Waals surface area (Å²) in [5.41, 5.74) is 4.18. The molecule has 0 spiro atoms. The van der Waals surface area contributed by atoms with Crippen LogP contribution in [0.25, 0.3) is 11.1 Å². The number of para-hydroxylation sites is 1. The lowest BCUT2D eigenvalue weighted by Gasteiger charge is -2.32. The van der Waals surface area contributed by atoms with E-state index in [1.807, 2.05) is 30.5 Å². The van der Waals surface area contributed by atoms with E-state index in [9.17, 15) is 4.79 Å². The lowest BCUT2D eigenvalue weighted by Crippen LogP contribution is -2.27. The van der Waals surface area contributed by atoms with Gasteiger partial charge in [0.25, 0.3) is 0 Å². The molecule has 0 unspecified atom stereocenters. The molecule has 0 radical (unpaired) electrons. The molecule has 1 amide bonds. The van der Waals surface area contributed by atoms with Crippen LogP contribution in [0.4, 0.5) is 5.69 Å². The first-order valence-electron chi connectivity index (χ1n) is 8.05. The monoisotopic (exact) mass is 294 g/mol. The summed E-state index contributed by atoms with van der Waals surface area (Å²) in [6.45, 7) is 4.40. The molecule has 22 heavy (non-hydrogen) atoms. The summed E-state index contributed by atoms with van der Waals surface area (Å²) < 4.78 is 0. The Labute approximate surface area is 131 Å². The van der Waals surface area contributed by atoms with Crippen molar-refractivity contribution in [2.45, 2.75) is 44.9 Å². The Bertz CT molecular complexity index is 689. The smallest absolute Gasteiger partial charge is 0.224 e. The van der Waals surface area contributed by atoms with Crippen LogP contribution in [0, 0.1) is 0 Å². The van der Waals surface area contributed by atoms with Crippen LogP contribution >= 0.6 is 0 Å². The van der Waals surface area contributed by atoms with E-state index in [4.69, 9.17) is 4.98 Å². The van der Waals surface area contributed by atoms with E-state index in [1.165, 1.54) is 0 Å². The van der Waals surface area contributed by atoms with Crippen molar-refractivity contribution in [1.82, 2.24) is 4.98 Å². The summed E-state index contributed by atoms with van der Waals surface area (Å²) in [7, 11) is 0. The fourth-order valence-corrected chi connectivity index (χ4v) is 3.49. The van der Waals surface area contributed by atoms with Gasteiger partial charge in [-0.25, -0.2) is 0 Å². The van der Waals surface area contributed by atoms with Crippen molar-refractivity contribution in [2.75, 3.05) is 5.32 Å². The van der Waals surface area contributed by atoms with Crippen LogP contribution in [0.5, 0.6) is 0 Å². The van der Waals surface area contributed by atoms with Gasteiger partial charge >= 0.3 is 0 Å². The van der Waals surface area contributed by atoms with Crippen molar-refractivity contribution in [3.8, 4) is 11.1 Å². The van der Waals surface area contributed by atoms with Gasteiger partial charge in [0.05, 0.1) is 5.69 Å². The Morgan fingerprint density at radius 2 is 1.82 bits per heavy atom. The highest BCUT2D eigenvalue weighted by Gasteiger charge is 2.34. The predicted molar refractivity (Wildman–Crippen MR) is 89.8 cm³/mol. The van der Waals surface area contributed by atoms with E-state index in [0.29, 0.717) is 6.42 Å². The standard InChI is InChI=1S/C19H22N2O/c1-3-19(4-2)12-11-17(22)21-16-10-6-5-8-14(16)15-9-7-13-20-18(15)19/h5-10,13H,3-4,11-12H2,1-2H3,(H,21,22). The van der Waals surface area contributed by atoms with E-state index in [-0.39, 0.29) is 11.3 Å². The molecule has 114 valence electrons. The first-order chi connectivity index (χ1) is 10.7. The van der Waals surface area contributed by atoms with Crippen LogP contribution in [0.1, 0.15) is 45.2 Å². The number of pyridine rings is 1. The number of carbonyl (C=O) groups is 1. The molecule has 0 fully saturated rings. The Balaban J connectivity index is 2.29. The molecular weight excluding hydrogens is 272 g/mol. The van der Waals surface area contributed by atoms with Crippen LogP contribution in [-0.2, 0) is 10.2 Å². The van der Waals surface area contributed by atoms with Crippen molar-refractivity contribution in [1.29, 1.82) is 0 Å². The van der Waals surface area contributed by atoms with Crippen molar-refractivity contribution in [2.24, 2.45) is 0 Å². The van der Waals surface area contributed by atoms with Gasteiger partial charge in [0.2, 0.25) is 5.91 Å². The number of hydrogen-bond donors (Lipinski definition) is 1. The maximum atomic E-state index is 12.3. The maximum absolute atomic E-state index is 12.3. The summed E-state index contributed by atoms with van der Waals surface area (Å²) in [5.74, 6) is 0.0894. The molecule has 2 aromatic rings. The van der Waals surface area contributed by atoms with Gasteiger partial charge in [-0.15, -0.1) is 0 Å². The van der Waals surface area contributed by atoms with Crippen molar-refractivity contribution in [3.05, 3.63) is 48.3 Å². The van der Waals surface area contributed by atoms with Crippen LogP contribution in [0.2, 0.25) is 0 Å². The third kappa shape index (κ3) is 2.41. The topological polar surface area (TPSA) is 42.0 Å². The number of fused-ring (bicyclic) bond motifs is 3. The number of benzene rings is 1. The molecular formula is C19H22N2O. The van der Waals surface area contributed by atoms with Gasteiger partial charge in [-0.2, -0.15) is 0 Å². The molecule has 2 heterocycles. The number of hydrogen-bond acceptors (Lipinski definition) is 2. The van der Waals surface area contributed by atoms with Crippen molar-refractivity contribution in [3.63, 3.8) is 0 Å². The fourth-order valence-electron chi connectivity index (χ4n) is 3.49. The number of aromatic nitrogens is 1. The van der Waals surface area contributed by atoms with Gasteiger partial charge in [-0.05, 0) is 31.4 Å². The quantitative estimate of drug-likeness (QED) is 0.883. The summed E-state index contributed by atoms with van der Waals surface area (Å²) in [4.78, 5) is 17.0. The number of nitrogens with one attached hydrogen (secondary N) is 1. The number of amides is 1. The first kappa shape index (κ1) is 14.8. The summed E-state index contributed by atoms with van der Waals surface area (Å²) in [6.07, 6.45) is 5.22. The SMILES string of the molecule is CCC1(CC)CCC(=O)Nc2ccccc2-c2cccnc21. The number of carbonyl (C=O) groups excluding carboxylic acids is 1. The average Bonchev–Trinajstić information content (AvgIpc) is 2.61. The highest BCUT2D eigenvalue weighted by molar-refractivity contribution is 5.96. The van der Waals surface area contributed by atoms with E-state index < -0.39 is 0 Å². The van der Waals surface area contributed by atoms with Gasteiger partial charge in [0, 0.05) is 34.8 Å². The van der Waals surface area contributed by atoms with Gasteiger partial charge in [0.15, 0.2) is 0 Å². The fraction of sp³-hybridized carbons (Fsp3) is 0.368. The largest absolute Gasteiger partial charge is 0.326 e. The Morgan fingerprint density at radius 1 is 1.09 bits per heavy atom. The molecule has 0 atom stereocenters. The number of anilines is 1. The zero-order valence-electron chi connectivity index (χ0n) is 13.2. The zero-order valence-corrected chi connectivity index (χ0v) is 13.2. The first-order valence-corrected chi connectivity index (χ1v) is 8.05. The second-order valence-corrected chi connectivity index (χ2v) is 5.98. The maximum Gasteiger partial charge on any atom is 0.224 e. The van der Waals surface area contributed by atoms with E-state index in [2.05, 4.69) is 31.3 Å². The van der Waals surface area contributed by atoms with Crippen LogP contribution in [0.3, 0.4) is 0 Å². The molecule has 1 aromatic heterocycles. The third-order valence-corrected chi connectivity index (χ3v) is 4.99. The summed E-state index contributed by atoms with van der Waals surface area (Å²) in [5, 5.41) is 3.06. The van der Waals surface area contributed by atoms with E-state index >= 15 is 0 Å². The Kier molecular flexibility index (Phi) is 3.97. The van der Waals surface area contributed by atoms with Gasteiger partial charge < -0.3 is 5.32 Å². The average molecular weight is 294 g/mol. The van der Waals surface area contributed by atoms with Gasteiger partial charge in [-0.3, -0.25) is 9.78 Å². The predicted octanol–water partition coefficient (Wildman–Crippen LogP) is 4.54. The third-order valence-electron chi connectivity index (χ3n) is 4.99. The lowest BCUT2D eigenvalue weighted by molar-refractivity contribution is -0.116. The highest BCUT2D eigenvalue weighted by Crippen LogP contribution is 2.43. The Hall–Kier alpha value is -2.16. The van der Waals surface area contributed by atoms with E-state index in [0.717, 1.165) is 41.8 Å². The lowest BCUT2D eigenvalue weighted by atomic mass is 9.73. The van der Waals surface area contributed by atoms with Crippen molar-refractivity contribution < 1.29 is 4.79 Å². The molecule has 0 saturated heterocycles. The second-order valence-electron chi connectivity index (χ2n) is 5.98. The molecule has 0 bridgehead atoms. The van der Waals surface area contributed by atoms with Crippen LogP contribution < -0.4 is 5.32 Å². The van der Waals surface area contributed by atoms with E-state index in [1.54, 1.807) is 0 Å². The van der Waals surface area contributed by atoms with Crippen LogP contribution in [-0.4, -0.2) is 10.9 Å². The molecule has 3 heteroatoms. The number of rotatable bonds is 2.